The molecule has 2 saturated heterocycles. The van der Waals surface area contributed by atoms with E-state index >= 15 is 0 Å². The summed E-state index contributed by atoms with van der Waals surface area (Å²) < 4.78 is 42.2. The molecule has 1 saturated carbocycles. The van der Waals surface area contributed by atoms with Crippen LogP contribution in [0.2, 0.25) is 5.02 Å². The molecule has 3 aromatic carbocycles. The molecule has 0 atom stereocenters. The summed E-state index contributed by atoms with van der Waals surface area (Å²) in [6, 6.07) is 21.8. The van der Waals surface area contributed by atoms with Crippen molar-refractivity contribution >= 4 is 72.6 Å². The van der Waals surface area contributed by atoms with Crippen LogP contribution in [0.15, 0.2) is 89.5 Å². The SMILES string of the molecule is CC1(C)CCC(CN2CCN(c3ccc(C(=O)NS(=O)(=O)c4ccc(NC5CCC(N6CCOCC6)CC5)c([N+](=O)[O-])c4)c(N4CCCOc5nc6[nH]ccc6cc54)c3)CC2)=C(c2ccc(Cl)cc2)C1. The zero-order valence-corrected chi connectivity index (χ0v) is 41.5. The van der Waals surface area contributed by atoms with Gasteiger partial charge in [0.2, 0.25) is 5.88 Å². The van der Waals surface area contributed by atoms with Crippen molar-refractivity contribution in [2.24, 2.45) is 5.41 Å². The molecular formula is C52H62ClN9O7S. The third-order valence-corrected chi connectivity index (χ3v) is 16.5. The second-order valence-corrected chi connectivity index (χ2v) is 22.3. The van der Waals surface area contributed by atoms with Crippen LogP contribution in [-0.2, 0) is 14.8 Å². The summed E-state index contributed by atoms with van der Waals surface area (Å²) in [4.78, 5) is 43.2. The lowest BCUT2D eigenvalue weighted by Crippen LogP contribution is -2.47. The van der Waals surface area contributed by atoms with Gasteiger partial charge < -0.3 is 29.6 Å². The number of nitrogens with zero attached hydrogens (tertiary/aromatic N) is 6. The molecule has 5 aromatic rings. The Labute approximate surface area is 414 Å². The third kappa shape index (κ3) is 10.5. The highest BCUT2D eigenvalue weighted by Crippen LogP contribution is 2.44. The molecule has 18 heteroatoms. The van der Waals surface area contributed by atoms with Gasteiger partial charge in [-0.15, -0.1) is 0 Å². The number of H-pyrrole nitrogens is 1. The van der Waals surface area contributed by atoms with E-state index in [2.05, 4.69) is 55.7 Å². The Morgan fingerprint density at radius 3 is 2.44 bits per heavy atom. The molecule has 0 bridgehead atoms. The smallest absolute Gasteiger partial charge is 0.293 e. The van der Waals surface area contributed by atoms with E-state index in [1.54, 1.807) is 12.3 Å². The van der Waals surface area contributed by atoms with Crippen LogP contribution in [0.5, 0.6) is 5.88 Å². The molecule has 0 spiro atoms. The number of benzene rings is 3. The van der Waals surface area contributed by atoms with E-state index in [4.69, 9.17) is 26.1 Å². The molecule has 5 aliphatic rings. The second kappa shape index (κ2) is 20.2. The van der Waals surface area contributed by atoms with Gasteiger partial charge in [0.25, 0.3) is 21.6 Å². The molecule has 0 unspecified atom stereocenters. The summed E-state index contributed by atoms with van der Waals surface area (Å²) >= 11 is 6.29. The maximum absolute atomic E-state index is 14.5. The largest absolute Gasteiger partial charge is 0.476 e. The lowest BCUT2D eigenvalue weighted by Gasteiger charge is -2.39. The Balaban J connectivity index is 0.893. The number of allylic oxidation sites excluding steroid dienone is 1. The number of hydrogen-bond donors (Lipinski definition) is 3. The van der Waals surface area contributed by atoms with Crippen LogP contribution in [0.1, 0.15) is 81.1 Å². The van der Waals surface area contributed by atoms with Gasteiger partial charge in [-0.3, -0.25) is 24.7 Å². The predicted octanol–water partition coefficient (Wildman–Crippen LogP) is 9.01. The number of amides is 1. The number of hydrogen-bond acceptors (Lipinski definition) is 13. The van der Waals surface area contributed by atoms with Gasteiger partial charge in [-0.2, -0.15) is 4.98 Å². The van der Waals surface area contributed by atoms with Gasteiger partial charge in [-0.1, -0.05) is 43.2 Å². The Kier molecular flexibility index (Phi) is 13.8. The fraction of sp³-hybridized carbons (Fsp3) is 0.462. The fourth-order valence-corrected chi connectivity index (χ4v) is 12.1. The minimum absolute atomic E-state index is 0.00229. The van der Waals surface area contributed by atoms with Crippen LogP contribution in [-0.4, -0.2) is 123 Å². The first kappa shape index (κ1) is 47.9. The maximum Gasteiger partial charge on any atom is 0.293 e. The first-order chi connectivity index (χ1) is 33.8. The van der Waals surface area contributed by atoms with E-state index in [1.165, 1.54) is 28.8 Å². The van der Waals surface area contributed by atoms with E-state index in [-0.39, 0.29) is 33.3 Å². The first-order valence-corrected chi connectivity index (χ1v) is 26.5. The van der Waals surface area contributed by atoms with Gasteiger partial charge in [-0.25, -0.2) is 13.1 Å². The van der Waals surface area contributed by atoms with Crippen LogP contribution < -0.4 is 24.6 Å². The number of pyridine rings is 1. The van der Waals surface area contributed by atoms with Crippen LogP contribution in [0.25, 0.3) is 16.6 Å². The summed E-state index contributed by atoms with van der Waals surface area (Å²) in [5.74, 6) is -0.467. The van der Waals surface area contributed by atoms with Gasteiger partial charge in [0.15, 0.2) is 0 Å². The van der Waals surface area contributed by atoms with E-state index in [0.29, 0.717) is 48.5 Å². The number of nitro benzene ring substituents is 1. The lowest BCUT2D eigenvalue weighted by molar-refractivity contribution is -0.384. The standard InChI is InChI=1S/C52H62ClN9O7S/c1-52(2)18-16-37(44(33-52)35-4-6-38(53)7-5-35)34-58-21-23-59(24-22-58)41-12-14-43(46(31-41)61-20-3-27-69-51-48(61)30-36-17-19-54-49(36)56-51)50(63)57-70(66,67)42-13-15-45(47(32-42)62(64)65)55-39-8-10-40(11-9-39)60-25-28-68-29-26-60/h4-7,12-15,17,19,30-32,39-40,55H,3,8-11,16,18,20-29,33-34H2,1-2H3,(H,54,56)(H,57,63). The van der Waals surface area contributed by atoms with Gasteiger partial charge in [0.1, 0.15) is 17.0 Å². The zero-order valence-electron chi connectivity index (χ0n) is 39.9. The fourth-order valence-electron chi connectivity index (χ4n) is 11.0. The number of sulfonamides is 1. The number of rotatable bonds is 12. The highest BCUT2D eigenvalue weighted by atomic mass is 35.5. The molecule has 70 heavy (non-hydrogen) atoms. The monoisotopic (exact) mass is 991 g/mol. The number of nitrogens with one attached hydrogen (secondary N) is 3. The summed E-state index contributed by atoms with van der Waals surface area (Å²) in [6.07, 6.45) is 9.19. The highest BCUT2D eigenvalue weighted by molar-refractivity contribution is 7.90. The number of carbonyl (C=O) groups is 1. The quantitative estimate of drug-likeness (QED) is 0.0798. The molecule has 2 aromatic heterocycles. The van der Waals surface area contributed by atoms with Crippen molar-refractivity contribution < 1.29 is 27.6 Å². The molecule has 16 nitrogen and oxygen atoms in total. The minimum atomic E-state index is -4.58. The number of ether oxygens (including phenoxy) is 2. The van der Waals surface area contributed by atoms with Gasteiger partial charge in [-0.05, 0) is 123 Å². The summed E-state index contributed by atoms with van der Waals surface area (Å²) in [5, 5.41) is 17.4. The normalized spacial score (nSPS) is 21.5. The number of nitro groups is 1. The molecular weight excluding hydrogens is 930 g/mol. The third-order valence-electron chi connectivity index (χ3n) is 14.9. The van der Waals surface area contributed by atoms with Gasteiger partial charge in [0.05, 0.1) is 40.9 Å². The van der Waals surface area contributed by atoms with Crippen LogP contribution in [0.3, 0.4) is 0 Å². The van der Waals surface area contributed by atoms with Crippen molar-refractivity contribution in [1.82, 2.24) is 24.5 Å². The Hall–Kier alpha value is -5.72. The number of fused-ring (bicyclic) bond motifs is 2. The van der Waals surface area contributed by atoms with Gasteiger partial charge in [0, 0.05) is 92.8 Å². The number of aromatic nitrogens is 2. The molecule has 3 fully saturated rings. The predicted molar refractivity (Wildman–Crippen MR) is 274 cm³/mol. The number of anilines is 4. The number of piperazine rings is 1. The van der Waals surface area contributed by atoms with Crippen molar-refractivity contribution in [3.05, 3.63) is 111 Å². The van der Waals surface area contributed by atoms with E-state index in [1.807, 2.05) is 41.3 Å². The number of halogens is 1. The molecule has 0 radical (unpaired) electrons. The molecule has 1 amide bonds. The van der Waals surface area contributed by atoms with Crippen molar-refractivity contribution in [3.8, 4) is 5.88 Å². The van der Waals surface area contributed by atoms with Crippen molar-refractivity contribution in [1.29, 1.82) is 0 Å². The van der Waals surface area contributed by atoms with E-state index in [9.17, 15) is 23.3 Å². The molecule has 5 heterocycles. The van der Waals surface area contributed by atoms with Crippen molar-refractivity contribution in [2.45, 2.75) is 82.2 Å². The van der Waals surface area contributed by atoms with Crippen LogP contribution >= 0.6 is 11.6 Å². The maximum atomic E-state index is 14.5. The highest BCUT2D eigenvalue weighted by Gasteiger charge is 2.33. The molecule has 2 aliphatic carbocycles. The van der Waals surface area contributed by atoms with E-state index < -0.39 is 20.9 Å². The molecule has 3 aliphatic heterocycles. The van der Waals surface area contributed by atoms with Crippen LogP contribution in [0.4, 0.5) is 28.4 Å². The topological polar surface area (TPSA) is 179 Å². The summed E-state index contributed by atoms with van der Waals surface area (Å²) in [6.45, 7) is 12.9. The van der Waals surface area contributed by atoms with Crippen LogP contribution in [0, 0.1) is 15.5 Å². The zero-order chi connectivity index (χ0) is 48.6. The van der Waals surface area contributed by atoms with E-state index in [0.717, 1.165) is 126 Å². The molecule has 10 rings (SSSR count). The number of aromatic amines is 1. The van der Waals surface area contributed by atoms with Crippen molar-refractivity contribution in [2.75, 3.05) is 87.3 Å². The summed E-state index contributed by atoms with van der Waals surface area (Å²) in [7, 11) is -4.58. The molecule has 370 valence electrons. The lowest BCUT2D eigenvalue weighted by atomic mass is 9.72. The molecule has 3 N–H and O–H groups in total. The number of carbonyl (C=O) groups excluding carboxylic acids is 1. The Morgan fingerprint density at radius 1 is 0.914 bits per heavy atom. The van der Waals surface area contributed by atoms with Crippen molar-refractivity contribution in [3.63, 3.8) is 0 Å². The average molecular weight is 993 g/mol. The summed E-state index contributed by atoms with van der Waals surface area (Å²) in [5.41, 5.74) is 7.05. The number of morpholine rings is 1. The van der Waals surface area contributed by atoms with Gasteiger partial charge >= 0.3 is 0 Å². The average Bonchev–Trinajstić information content (AvgIpc) is 3.72. The Bertz CT molecular complexity index is 2890. The minimum Gasteiger partial charge on any atom is -0.476 e. The Morgan fingerprint density at radius 2 is 1.69 bits per heavy atom. The second-order valence-electron chi connectivity index (χ2n) is 20.1. The first-order valence-electron chi connectivity index (χ1n) is 24.7.